The highest BCUT2D eigenvalue weighted by Crippen LogP contribution is 2.40. The summed E-state index contributed by atoms with van der Waals surface area (Å²) >= 11 is 0. The lowest BCUT2D eigenvalue weighted by Gasteiger charge is -2.35. The molecule has 3 atom stereocenters. The van der Waals surface area contributed by atoms with Gasteiger partial charge in [-0.2, -0.15) is 0 Å². The molecule has 0 saturated heterocycles. The van der Waals surface area contributed by atoms with Crippen LogP contribution in [0.1, 0.15) is 41.9 Å². The summed E-state index contributed by atoms with van der Waals surface area (Å²) in [5.41, 5.74) is 10.8. The van der Waals surface area contributed by atoms with Gasteiger partial charge in [0.25, 0.3) is 0 Å². The highest BCUT2D eigenvalue weighted by molar-refractivity contribution is 5.85. The van der Waals surface area contributed by atoms with Crippen molar-refractivity contribution in [3.8, 4) is 0 Å². The molecule has 0 radical (unpaired) electrons. The van der Waals surface area contributed by atoms with E-state index in [9.17, 15) is 0 Å². The van der Waals surface area contributed by atoms with Gasteiger partial charge < -0.3 is 5.73 Å². The second-order valence-corrected chi connectivity index (χ2v) is 5.63. The van der Waals surface area contributed by atoms with Crippen LogP contribution in [-0.2, 0) is 6.42 Å². The van der Waals surface area contributed by atoms with Gasteiger partial charge in [0.1, 0.15) is 0 Å². The Hall–Kier alpha value is -1.31. The van der Waals surface area contributed by atoms with E-state index in [0.29, 0.717) is 11.8 Å². The third-order valence-corrected chi connectivity index (χ3v) is 4.49. The standard InChI is InChI=1S/C18H21N.ClH/c1-13(14-7-3-2-4-8-14)18-16-10-6-5-9-15(16)11-12-17(18)19;/h2-10,13,17-18H,11-12,19H2,1H3;1H. The van der Waals surface area contributed by atoms with Crippen molar-refractivity contribution in [1.29, 1.82) is 0 Å². The summed E-state index contributed by atoms with van der Waals surface area (Å²) < 4.78 is 0. The Morgan fingerprint density at radius 1 is 1.00 bits per heavy atom. The van der Waals surface area contributed by atoms with Crippen molar-refractivity contribution >= 4 is 12.4 Å². The first-order chi connectivity index (χ1) is 9.27. The number of fused-ring (bicyclic) bond motifs is 1. The Kier molecular flexibility index (Phi) is 4.85. The number of aryl methyl sites for hydroxylation is 1. The van der Waals surface area contributed by atoms with E-state index >= 15 is 0 Å². The molecule has 1 aliphatic rings. The smallest absolute Gasteiger partial charge is 0.0117 e. The van der Waals surface area contributed by atoms with Gasteiger partial charge in [0.05, 0.1) is 0 Å². The zero-order chi connectivity index (χ0) is 13.2. The van der Waals surface area contributed by atoms with Crippen LogP contribution in [0.4, 0.5) is 0 Å². The number of halogens is 1. The van der Waals surface area contributed by atoms with Crippen molar-refractivity contribution in [2.75, 3.05) is 0 Å². The van der Waals surface area contributed by atoms with Gasteiger partial charge >= 0.3 is 0 Å². The molecule has 2 aromatic rings. The fourth-order valence-electron chi connectivity index (χ4n) is 3.42. The van der Waals surface area contributed by atoms with Gasteiger partial charge in [0.15, 0.2) is 0 Å². The summed E-state index contributed by atoms with van der Waals surface area (Å²) in [5, 5.41) is 0. The molecule has 0 spiro atoms. The van der Waals surface area contributed by atoms with Gasteiger partial charge in [-0.05, 0) is 35.4 Å². The Bertz CT molecular complexity index is 552. The van der Waals surface area contributed by atoms with Crippen LogP contribution in [0.15, 0.2) is 54.6 Å². The Morgan fingerprint density at radius 2 is 1.65 bits per heavy atom. The second kappa shape index (κ2) is 6.43. The number of hydrogen-bond acceptors (Lipinski definition) is 1. The summed E-state index contributed by atoms with van der Waals surface area (Å²) in [6, 6.07) is 19.8. The van der Waals surface area contributed by atoms with E-state index in [-0.39, 0.29) is 18.4 Å². The molecule has 106 valence electrons. The average Bonchev–Trinajstić information content (AvgIpc) is 2.47. The number of hydrogen-bond donors (Lipinski definition) is 1. The van der Waals surface area contributed by atoms with Crippen LogP contribution in [0.3, 0.4) is 0 Å². The van der Waals surface area contributed by atoms with E-state index in [1.807, 2.05) is 0 Å². The van der Waals surface area contributed by atoms with Gasteiger partial charge in [0, 0.05) is 12.0 Å². The van der Waals surface area contributed by atoms with Crippen LogP contribution < -0.4 is 5.73 Å². The molecule has 0 aromatic heterocycles. The Labute approximate surface area is 127 Å². The van der Waals surface area contributed by atoms with E-state index in [2.05, 4.69) is 61.5 Å². The number of nitrogens with two attached hydrogens (primary N) is 1. The van der Waals surface area contributed by atoms with E-state index in [1.165, 1.54) is 16.7 Å². The first-order valence-electron chi connectivity index (χ1n) is 7.15. The molecular weight excluding hydrogens is 266 g/mol. The quantitative estimate of drug-likeness (QED) is 0.877. The lowest BCUT2D eigenvalue weighted by molar-refractivity contribution is 0.422. The molecule has 0 bridgehead atoms. The molecule has 2 N–H and O–H groups in total. The lowest BCUT2D eigenvalue weighted by atomic mass is 9.71. The van der Waals surface area contributed by atoms with Crippen molar-refractivity contribution in [2.45, 2.75) is 37.6 Å². The number of rotatable bonds is 2. The largest absolute Gasteiger partial charge is 0.327 e. The molecule has 0 amide bonds. The molecule has 2 heteroatoms. The molecule has 0 aliphatic heterocycles. The molecule has 0 heterocycles. The molecule has 0 fully saturated rings. The minimum Gasteiger partial charge on any atom is -0.327 e. The predicted octanol–water partition coefficient (Wildman–Crippen LogP) is 4.27. The topological polar surface area (TPSA) is 26.0 Å². The number of benzene rings is 2. The highest BCUT2D eigenvalue weighted by Gasteiger charge is 2.31. The van der Waals surface area contributed by atoms with Gasteiger partial charge in [-0.3, -0.25) is 0 Å². The first-order valence-corrected chi connectivity index (χ1v) is 7.15. The summed E-state index contributed by atoms with van der Waals surface area (Å²) in [6.07, 6.45) is 2.22. The van der Waals surface area contributed by atoms with Gasteiger partial charge in [-0.25, -0.2) is 0 Å². The minimum atomic E-state index is 0. The Morgan fingerprint density at radius 3 is 2.40 bits per heavy atom. The molecule has 1 aliphatic carbocycles. The molecular formula is C18H22ClN. The fourth-order valence-corrected chi connectivity index (χ4v) is 3.42. The molecule has 1 nitrogen and oxygen atoms in total. The lowest BCUT2D eigenvalue weighted by Crippen LogP contribution is -2.35. The molecule has 0 saturated carbocycles. The van der Waals surface area contributed by atoms with Crippen molar-refractivity contribution < 1.29 is 0 Å². The van der Waals surface area contributed by atoms with E-state index in [4.69, 9.17) is 5.73 Å². The second-order valence-electron chi connectivity index (χ2n) is 5.63. The predicted molar refractivity (Wildman–Crippen MR) is 87.6 cm³/mol. The van der Waals surface area contributed by atoms with Gasteiger partial charge in [-0.1, -0.05) is 61.5 Å². The van der Waals surface area contributed by atoms with Gasteiger partial charge in [-0.15, -0.1) is 12.4 Å². The van der Waals surface area contributed by atoms with Crippen molar-refractivity contribution in [3.05, 3.63) is 71.3 Å². The maximum absolute atomic E-state index is 6.43. The van der Waals surface area contributed by atoms with Crippen LogP contribution in [0, 0.1) is 0 Å². The monoisotopic (exact) mass is 287 g/mol. The summed E-state index contributed by atoms with van der Waals surface area (Å²) in [5.74, 6) is 0.907. The normalized spacial score (nSPS) is 22.5. The van der Waals surface area contributed by atoms with Crippen molar-refractivity contribution in [1.82, 2.24) is 0 Å². The van der Waals surface area contributed by atoms with E-state index in [1.54, 1.807) is 0 Å². The maximum atomic E-state index is 6.43. The minimum absolute atomic E-state index is 0. The van der Waals surface area contributed by atoms with E-state index < -0.39 is 0 Å². The molecule has 3 unspecified atom stereocenters. The van der Waals surface area contributed by atoms with Crippen LogP contribution in [0.2, 0.25) is 0 Å². The first kappa shape index (κ1) is 15.1. The summed E-state index contributed by atoms with van der Waals surface area (Å²) in [7, 11) is 0. The SMILES string of the molecule is CC(c1ccccc1)C1c2ccccc2CCC1N.Cl. The molecule has 2 aromatic carbocycles. The van der Waals surface area contributed by atoms with Crippen LogP contribution in [0.5, 0.6) is 0 Å². The van der Waals surface area contributed by atoms with Crippen LogP contribution in [0.25, 0.3) is 0 Å². The van der Waals surface area contributed by atoms with Crippen molar-refractivity contribution in [2.24, 2.45) is 5.73 Å². The zero-order valence-electron chi connectivity index (χ0n) is 11.8. The van der Waals surface area contributed by atoms with Crippen molar-refractivity contribution in [3.63, 3.8) is 0 Å². The average molecular weight is 288 g/mol. The Balaban J connectivity index is 0.00000147. The highest BCUT2D eigenvalue weighted by atomic mass is 35.5. The maximum Gasteiger partial charge on any atom is 0.0117 e. The molecule has 3 rings (SSSR count). The fraction of sp³-hybridized carbons (Fsp3) is 0.333. The van der Waals surface area contributed by atoms with E-state index in [0.717, 1.165) is 12.8 Å². The molecule has 20 heavy (non-hydrogen) atoms. The third kappa shape index (κ3) is 2.74. The van der Waals surface area contributed by atoms with Crippen LogP contribution in [-0.4, -0.2) is 6.04 Å². The van der Waals surface area contributed by atoms with Gasteiger partial charge in [0.2, 0.25) is 0 Å². The summed E-state index contributed by atoms with van der Waals surface area (Å²) in [4.78, 5) is 0. The summed E-state index contributed by atoms with van der Waals surface area (Å²) in [6.45, 7) is 2.31. The third-order valence-electron chi connectivity index (χ3n) is 4.49. The zero-order valence-corrected chi connectivity index (χ0v) is 12.6. The van der Waals surface area contributed by atoms with Crippen LogP contribution >= 0.6 is 12.4 Å².